The number of hydrazine groups is 1. The summed E-state index contributed by atoms with van der Waals surface area (Å²) in [5.74, 6) is 5.06. The van der Waals surface area contributed by atoms with E-state index in [2.05, 4.69) is 5.43 Å². The van der Waals surface area contributed by atoms with Crippen LogP contribution in [-0.4, -0.2) is 11.2 Å². The number of carbonyl (C=O) groups is 1. The summed E-state index contributed by atoms with van der Waals surface area (Å²) in [7, 11) is 0. The molecule has 1 unspecified atom stereocenters. The highest BCUT2D eigenvalue weighted by atomic mass is 35.5. The van der Waals surface area contributed by atoms with Crippen LogP contribution in [0.25, 0.3) is 0 Å². The van der Waals surface area contributed by atoms with Gasteiger partial charge in [-0.05, 0) is 18.1 Å². The van der Waals surface area contributed by atoms with Gasteiger partial charge in [0, 0.05) is 10.6 Å². The zero-order chi connectivity index (χ0) is 13.0. The van der Waals surface area contributed by atoms with E-state index in [1.807, 2.05) is 13.8 Å². The molecular weight excluding hydrogens is 258 g/mol. The Kier molecular flexibility index (Phi) is 5.11. The van der Waals surface area contributed by atoms with Crippen molar-refractivity contribution >= 4 is 35.0 Å². The second kappa shape index (κ2) is 6.14. The Hall–Kier alpha value is -0.910. The van der Waals surface area contributed by atoms with Crippen molar-refractivity contribution in [1.82, 2.24) is 5.43 Å². The number of carbonyl (C=O) groups excluding carboxylic acids is 1. The van der Waals surface area contributed by atoms with Gasteiger partial charge in [0.25, 0.3) is 0 Å². The Bertz CT molecular complexity index is 391. The number of nitrogen functional groups attached to an aromatic ring is 1. The lowest BCUT2D eigenvalue weighted by molar-refractivity contribution is -0.121. The fourth-order valence-electron chi connectivity index (χ4n) is 1.35. The van der Waals surface area contributed by atoms with Crippen LogP contribution in [0, 0.1) is 5.92 Å². The third-order valence-corrected chi connectivity index (χ3v) is 4.38. The summed E-state index contributed by atoms with van der Waals surface area (Å²) in [4.78, 5) is 12.4. The second-order valence-electron chi connectivity index (χ2n) is 3.95. The molecule has 0 aliphatic heterocycles. The maximum atomic E-state index is 11.6. The average Bonchev–Trinajstić information content (AvgIpc) is 2.27. The number of amides is 1. The first-order valence-corrected chi connectivity index (χ1v) is 6.44. The predicted molar refractivity (Wildman–Crippen MR) is 72.7 cm³/mol. The molecule has 0 aliphatic rings. The van der Waals surface area contributed by atoms with Crippen LogP contribution in [-0.2, 0) is 4.79 Å². The monoisotopic (exact) mass is 273 g/mol. The number of hydrogen-bond acceptors (Lipinski definition) is 4. The van der Waals surface area contributed by atoms with Crippen molar-refractivity contribution in [3.05, 3.63) is 23.2 Å². The predicted octanol–water partition coefficient (Wildman–Crippen LogP) is 2.03. The molecular formula is C11H16ClN3OS. The van der Waals surface area contributed by atoms with Crippen molar-refractivity contribution in [3.63, 3.8) is 0 Å². The van der Waals surface area contributed by atoms with Crippen molar-refractivity contribution < 1.29 is 4.79 Å². The van der Waals surface area contributed by atoms with Gasteiger partial charge in [-0.25, -0.2) is 5.84 Å². The van der Waals surface area contributed by atoms with Gasteiger partial charge in [-0.3, -0.25) is 10.2 Å². The van der Waals surface area contributed by atoms with Crippen molar-refractivity contribution in [2.24, 2.45) is 11.8 Å². The van der Waals surface area contributed by atoms with E-state index in [-0.39, 0.29) is 17.1 Å². The zero-order valence-electron chi connectivity index (χ0n) is 9.74. The van der Waals surface area contributed by atoms with Crippen molar-refractivity contribution in [3.8, 4) is 0 Å². The van der Waals surface area contributed by atoms with Gasteiger partial charge in [0.05, 0.1) is 10.3 Å². The lowest BCUT2D eigenvalue weighted by Gasteiger charge is -2.19. The molecule has 1 aromatic rings. The zero-order valence-corrected chi connectivity index (χ0v) is 11.3. The quantitative estimate of drug-likeness (QED) is 0.258. The maximum Gasteiger partial charge on any atom is 0.247 e. The fraction of sp³-hybridized carbons (Fsp3) is 0.364. The van der Waals surface area contributed by atoms with Crippen LogP contribution in [0.15, 0.2) is 23.1 Å². The first kappa shape index (κ1) is 14.2. The minimum absolute atomic E-state index is 0.124. The van der Waals surface area contributed by atoms with Crippen LogP contribution in [0.4, 0.5) is 5.69 Å². The summed E-state index contributed by atoms with van der Waals surface area (Å²) >= 11 is 7.40. The van der Waals surface area contributed by atoms with Gasteiger partial charge in [0.1, 0.15) is 0 Å². The molecule has 5 N–H and O–H groups in total. The summed E-state index contributed by atoms with van der Waals surface area (Å²) in [6.45, 7) is 3.89. The van der Waals surface area contributed by atoms with E-state index in [1.165, 1.54) is 11.8 Å². The fourth-order valence-corrected chi connectivity index (χ4v) is 2.75. The van der Waals surface area contributed by atoms with E-state index in [0.717, 1.165) is 4.90 Å². The van der Waals surface area contributed by atoms with Gasteiger partial charge >= 0.3 is 0 Å². The van der Waals surface area contributed by atoms with Gasteiger partial charge in [0.2, 0.25) is 5.91 Å². The van der Waals surface area contributed by atoms with Gasteiger partial charge in [-0.15, -0.1) is 11.8 Å². The van der Waals surface area contributed by atoms with Crippen LogP contribution < -0.4 is 17.0 Å². The summed E-state index contributed by atoms with van der Waals surface area (Å²) < 4.78 is 0. The Balaban J connectivity index is 2.98. The van der Waals surface area contributed by atoms with Crippen molar-refractivity contribution in [2.75, 3.05) is 5.73 Å². The van der Waals surface area contributed by atoms with Gasteiger partial charge in [-0.1, -0.05) is 31.5 Å². The molecule has 1 aromatic carbocycles. The number of nitrogens with two attached hydrogens (primary N) is 2. The molecule has 1 rings (SSSR count). The largest absolute Gasteiger partial charge is 0.398 e. The first-order valence-electron chi connectivity index (χ1n) is 5.18. The van der Waals surface area contributed by atoms with E-state index >= 15 is 0 Å². The molecule has 0 aromatic heterocycles. The summed E-state index contributed by atoms with van der Waals surface area (Å²) in [6.07, 6.45) is 0. The highest BCUT2D eigenvalue weighted by Crippen LogP contribution is 2.37. The first-order chi connectivity index (χ1) is 7.97. The topological polar surface area (TPSA) is 81.1 Å². The Morgan fingerprint density at radius 3 is 2.59 bits per heavy atom. The van der Waals surface area contributed by atoms with Gasteiger partial charge < -0.3 is 5.73 Å². The maximum absolute atomic E-state index is 11.6. The number of thioether (sulfide) groups is 1. The Morgan fingerprint density at radius 2 is 2.12 bits per heavy atom. The summed E-state index contributed by atoms with van der Waals surface area (Å²) in [5.41, 5.74) is 8.57. The molecule has 17 heavy (non-hydrogen) atoms. The third kappa shape index (κ3) is 3.52. The molecule has 0 spiro atoms. The minimum atomic E-state index is -0.317. The summed E-state index contributed by atoms with van der Waals surface area (Å²) in [5, 5.41) is 0.229. The standard InChI is InChI=1S/C11H16ClN3OS/c1-6(2)9(11(16)15-14)17-10-7(12)4-3-5-8(10)13/h3-6,9H,13-14H2,1-2H3,(H,15,16). The molecule has 0 aliphatic carbocycles. The number of rotatable bonds is 4. The summed E-state index contributed by atoms with van der Waals surface area (Å²) in [6, 6.07) is 5.28. The third-order valence-electron chi connectivity index (χ3n) is 2.25. The molecule has 0 saturated carbocycles. The van der Waals surface area contributed by atoms with Crippen LogP contribution in [0.5, 0.6) is 0 Å². The van der Waals surface area contributed by atoms with Crippen LogP contribution in [0.1, 0.15) is 13.8 Å². The van der Waals surface area contributed by atoms with Crippen molar-refractivity contribution in [2.45, 2.75) is 24.0 Å². The van der Waals surface area contributed by atoms with Crippen LogP contribution >= 0.6 is 23.4 Å². The van der Waals surface area contributed by atoms with E-state index in [9.17, 15) is 4.79 Å². The van der Waals surface area contributed by atoms with E-state index in [1.54, 1.807) is 18.2 Å². The number of halogens is 1. The molecule has 1 atom stereocenters. The van der Waals surface area contributed by atoms with Gasteiger partial charge in [-0.2, -0.15) is 0 Å². The van der Waals surface area contributed by atoms with Crippen LogP contribution in [0.2, 0.25) is 5.02 Å². The average molecular weight is 274 g/mol. The molecule has 6 heteroatoms. The highest BCUT2D eigenvalue weighted by molar-refractivity contribution is 8.00. The van der Waals surface area contributed by atoms with Crippen LogP contribution in [0.3, 0.4) is 0 Å². The van der Waals surface area contributed by atoms with Gasteiger partial charge in [0.15, 0.2) is 0 Å². The van der Waals surface area contributed by atoms with Crippen molar-refractivity contribution in [1.29, 1.82) is 0 Å². The smallest absolute Gasteiger partial charge is 0.247 e. The molecule has 94 valence electrons. The Morgan fingerprint density at radius 1 is 1.47 bits per heavy atom. The Labute approximate surface area is 110 Å². The molecule has 0 radical (unpaired) electrons. The number of hydrogen-bond donors (Lipinski definition) is 3. The number of anilines is 1. The minimum Gasteiger partial charge on any atom is -0.398 e. The molecule has 0 heterocycles. The molecule has 0 bridgehead atoms. The van der Waals surface area contributed by atoms with E-state index in [0.29, 0.717) is 10.7 Å². The highest BCUT2D eigenvalue weighted by Gasteiger charge is 2.24. The SMILES string of the molecule is CC(C)C(Sc1c(N)cccc1Cl)C(=O)NN. The number of benzene rings is 1. The van der Waals surface area contributed by atoms with E-state index in [4.69, 9.17) is 23.2 Å². The molecule has 0 fully saturated rings. The lowest BCUT2D eigenvalue weighted by Crippen LogP contribution is -2.40. The molecule has 1 amide bonds. The number of nitrogens with one attached hydrogen (secondary N) is 1. The normalized spacial score (nSPS) is 12.5. The lowest BCUT2D eigenvalue weighted by atomic mass is 10.1. The molecule has 4 nitrogen and oxygen atoms in total. The molecule has 0 saturated heterocycles. The van der Waals surface area contributed by atoms with E-state index < -0.39 is 0 Å². The second-order valence-corrected chi connectivity index (χ2v) is 5.51.